The molecule has 0 fully saturated rings. The average molecular weight is 274 g/mol. The molecule has 0 spiro atoms. The molecule has 0 saturated carbocycles. The Morgan fingerprint density at radius 2 is 1.56 bits per heavy atom. The summed E-state index contributed by atoms with van der Waals surface area (Å²) < 4.78 is 5.78. The number of hydrogen-bond donors (Lipinski definition) is 0. The zero-order valence-corrected chi connectivity index (χ0v) is 13.8. The van der Waals surface area contributed by atoms with Crippen molar-refractivity contribution in [1.82, 2.24) is 0 Å². The van der Waals surface area contributed by atoms with Crippen LogP contribution in [0.1, 0.15) is 60.3 Å². The summed E-state index contributed by atoms with van der Waals surface area (Å²) >= 11 is 0. The Balaban J connectivity index is 4.45. The van der Waals surface area contributed by atoms with Crippen LogP contribution >= 0.6 is 0 Å². The maximum atomic E-state index is 11.9. The van der Waals surface area contributed by atoms with Crippen LogP contribution in [0.2, 0.25) is 18.1 Å². The van der Waals surface area contributed by atoms with Gasteiger partial charge >= 0.3 is 0 Å². The topological polar surface area (TPSA) is 35.5 Å². The highest BCUT2D eigenvalue weighted by molar-refractivity contribution is 6.73. The van der Waals surface area contributed by atoms with Crippen LogP contribution in [-0.2, 0) is 14.3 Å². The fourth-order valence-electron chi connectivity index (χ4n) is 2.02. The molecule has 18 heavy (non-hydrogen) atoms. The number of carbonyl (C=O) groups excluding carboxylic acids is 1. The molecule has 3 nitrogen and oxygen atoms in total. The van der Waals surface area contributed by atoms with Crippen LogP contribution in [-0.4, -0.2) is 20.2 Å². The average Bonchev–Trinajstić information content (AvgIpc) is 2.39. The molecule has 1 atom stereocenters. The van der Waals surface area contributed by atoms with E-state index in [1.165, 1.54) is 0 Å². The van der Waals surface area contributed by atoms with Crippen molar-refractivity contribution in [3.8, 4) is 0 Å². The molecule has 0 aliphatic heterocycles. The summed E-state index contributed by atoms with van der Waals surface area (Å²) in [6.07, 6.45) is 2.82. The highest BCUT2D eigenvalue weighted by Gasteiger charge is 2.32. The predicted octanol–water partition coefficient (Wildman–Crippen LogP) is 4.48. The Hall–Kier alpha value is -0.193. The van der Waals surface area contributed by atoms with Crippen LogP contribution in [0, 0.1) is 0 Å². The molecule has 0 bridgehead atoms. The van der Waals surface area contributed by atoms with Gasteiger partial charge in [-0.3, -0.25) is 9.37 Å². The Morgan fingerprint density at radius 1 is 1.00 bits per heavy atom. The summed E-state index contributed by atoms with van der Waals surface area (Å²) in [6, 6.07) is 3.13. The van der Waals surface area contributed by atoms with Gasteiger partial charge < -0.3 is 0 Å². The van der Waals surface area contributed by atoms with E-state index in [-0.39, 0.29) is 11.9 Å². The maximum absolute atomic E-state index is 11.9. The summed E-state index contributed by atoms with van der Waals surface area (Å²) in [6.45, 7) is 10.6. The quantitative estimate of drug-likeness (QED) is 0.316. The largest absolute Gasteiger partial charge is 0.297 e. The zero-order chi connectivity index (χ0) is 14.0. The van der Waals surface area contributed by atoms with E-state index in [0.29, 0.717) is 6.42 Å². The lowest BCUT2D eigenvalue weighted by Gasteiger charge is -2.28. The van der Waals surface area contributed by atoms with Gasteiger partial charge in [-0.25, -0.2) is 4.89 Å². The second kappa shape index (κ2) is 9.70. The molecular weight excluding hydrogens is 244 g/mol. The van der Waals surface area contributed by atoms with E-state index in [0.717, 1.165) is 37.4 Å². The number of Topliss-reactive ketones (excluding diaryl/α,β-unsaturated/α-hetero) is 1. The molecule has 1 unspecified atom stereocenters. The third-order valence-corrected chi connectivity index (χ3v) is 8.00. The summed E-state index contributed by atoms with van der Waals surface area (Å²) in [4.78, 5) is 17.5. The highest BCUT2D eigenvalue weighted by Crippen LogP contribution is 2.23. The first-order valence-corrected chi connectivity index (χ1v) is 9.99. The first kappa shape index (κ1) is 17.8. The molecule has 0 radical (unpaired) electrons. The van der Waals surface area contributed by atoms with Crippen molar-refractivity contribution in [2.75, 3.05) is 0 Å². The van der Waals surface area contributed by atoms with Crippen molar-refractivity contribution in [1.29, 1.82) is 0 Å². The minimum absolute atomic E-state index is 0.186. The molecule has 0 aliphatic carbocycles. The Labute approximate surface area is 113 Å². The number of hydrogen-bond acceptors (Lipinski definition) is 3. The molecule has 0 saturated heterocycles. The van der Waals surface area contributed by atoms with Crippen LogP contribution in [0.15, 0.2) is 0 Å². The normalized spacial score (nSPS) is 13.6. The summed E-state index contributed by atoms with van der Waals surface area (Å²) in [7, 11) is -1.75. The van der Waals surface area contributed by atoms with Gasteiger partial charge in [-0.05, 0) is 31.0 Å². The van der Waals surface area contributed by atoms with E-state index >= 15 is 0 Å². The smallest absolute Gasteiger partial charge is 0.238 e. The van der Waals surface area contributed by atoms with Crippen molar-refractivity contribution in [2.24, 2.45) is 0 Å². The number of rotatable bonds is 11. The second-order valence-electron chi connectivity index (χ2n) is 4.92. The van der Waals surface area contributed by atoms with Crippen LogP contribution in [0.3, 0.4) is 0 Å². The SMILES string of the molecule is CCCC(=O)C(CCC)OO[Si](CC)(CC)CC. The molecule has 0 heterocycles. The van der Waals surface area contributed by atoms with Gasteiger partial charge in [0.2, 0.25) is 8.32 Å². The van der Waals surface area contributed by atoms with Gasteiger partial charge in [0.25, 0.3) is 0 Å². The molecule has 0 N–H and O–H groups in total. The number of ketones is 1. The molecule has 0 aliphatic rings. The first-order valence-electron chi connectivity index (χ1n) is 7.46. The van der Waals surface area contributed by atoms with E-state index in [2.05, 4.69) is 27.7 Å². The minimum Gasteiger partial charge on any atom is -0.297 e. The predicted molar refractivity (Wildman–Crippen MR) is 78.0 cm³/mol. The standard InChI is InChI=1S/C14H30O3Si/c1-6-11-13(15)14(12-7-2)16-17-18(8-3,9-4)10-5/h14H,6-12H2,1-5H3. The Kier molecular flexibility index (Phi) is 9.60. The lowest BCUT2D eigenvalue weighted by Crippen LogP contribution is -2.39. The lowest BCUT2D eigenvalue weighted by atomic mass is 10.1. The Bertz CT molecular complexity index is 219. The van der Waals surface area contributed by atoms with Crippen molar-refractivity contribution in [2.45, 2.75) is 84.5 Å². The highest BCUT2D eigenvalue weighted by atomic mass is 28.4. The van der Waals surface area contributed by atoms with Gasteiger partial charge in [0, 0.05) is 6.42 Å². The molecular formula is C14H30O3Si. The van der Waals surface area contributed by atoms with Gasteiger partial charge in [0.15, 0.2) is 5.78 Å². The monoisotopic (exact) mass is 274 g/mol. The zero-order valence-electron chi connectivity index (χ0n) is 12.8. The minimum atomic E-state index is -1.75. The van der Waals surface area contributed by atoms with Crippen molar-refractivity contribution < 1.29 is 14.3 Å². The molecule has 0 aromatic rings. The van der Waals surface area contributed by atoms with E-state index < -0.39 is 8.32 Å². The molecule has 0 amide bonds. The molecule has 0 aromatic heterocycles. The van der Waals surface area contributed by atoms with Gasteiger partial charge in [-0.15, -0.1) is 0 Å². The van der Waals surface area contributed by atoms with Gasteiger partial charge in [-0.2, -0.15) is 0 Å². The fourth-order valence-corrected chi connectivity index (χ4v) is 4.19. The molecule has 4 heteroatoms. The molecule has 108 valence electrons. The third kappa shape index (κ3) is 5.63. The summed E-state index contributed by atoms with van der Waals surface area (Å²) in [5.41, 5.74) is 0. The van der Waals surface area contributed by atoms with Crippen LogP contribution in [0.5, 0.6) is 0 Å². The summed E-state index contributed by atoms with van der Waals surface area (Å²) in [5, 5.41) is 0. The van der Waals surface area contributed by atoms with Crippen LogP contribution in [0.4, 0.5) is 0 Å². The van der Waals surface area contributed by atoms with E-state index in [1.54, 1.807) is 0 Å². The molecule has 0 rings (SSSR count). The van der Waals surface area contributed by atoms with Gasteiger partial charge in [0.1, 0.15) is 6.10 Å². The maximum Gasteiger partial charge on any atom is 0.238 e. The number of carbonyl (C=O) groups is 1. The van der Waals surface area contributed by atoms with Crippen LogP contribution < -0.4 is 0 Å². The molecule has 0 aromatic carbocycles. The van der Waals surface area contributed by atoms with Gasteiger partial charge in [0.05, 0.1) is 0 Å². The van der Waals surface area contributed by atoms with E-state index in [1.807, 2.05) is 6.92 Å². The second-order valence-corrected chi connectivity index (χ2v) is 9.57. The third-order valence-electron chi connectivity index (χ3n) is 3.68. The lowest BCUT2D eigenvalue weighted by molar-refractivity contribution is -0.252. The fraction of sp³-hybridized carbons (Fsp3) is 0.929. The summed E-state index contributed by atoms with van der Waals surface area (Å²) in [5.74, 6) is 0.186. The van der Waals surface area contributed by atoms with E-state index in [9.17, 15) is 4.79 Å². The Morgan fingerprint density at radius 3 is 1.94 bits per heavy atom. The van der Waals surface area contributed by atoms with Crippen molar-refractivity contribution in [3.63, 3.8) is 0 Å². The van der Waals surface area contributed by atoms with Crippen LogP contribution in [0.25, 0.3) is 0 Å². The van der Waals surface area contributed by atoms with E-state index in [4.69, 9.17) is 9.46 Å². The van der Waals surface area contributed by atoms with Gasteiger partial charge in [-0.1, -0.05) is 41.0 Å². The van der Waals surface area contributed by atoms with Crippen molar-refractivity contribution >= 4 is 14.1 Å². The van der Waals surface area contributed by atoms with Crippen molar-refractivity contribution in [3.05, 3.63) is 0 Å². The first-order chi connectivity index (χ1) is 8.59.